The Morgan fingerprint density at radius 3 is 2.88 bits per heavy atom. The Morgan fingerprint density at radius 1 is 1.41 bits per heavy atom. The summed E-state index contributed by atoms with van der Waals surface area (Å²) < 4.78 is 12.8. The standard InChI is InChI=1S/C13H20FN3/c1-17(11-5-2-3-6-11)10-9-15-13-8-4-7-12(14)16-13/h4,7-8,11H,2-3,5-6,9-10H2,1H3,(H,15,16). The van der Waals surface area contributed by atoms with E-state index in [1.165, 1.54) is 31.7 Å². The van der Waals surface area contributed by atoms with Crippen LogP contribution >= 0.6 is 0 Å². The minimum absolute atomic E-state index is 0.431. The number of hydrogen-bond donors (Lipinski definition) is 1. The van der Waals surface area contributed by atoms with Gasteiger partial charge in [0.25, 0.3) is 0 Å². The topological polar surface area (TPSA) is 28.2 Å². The summed E-state index contributed by atoms with van der Waals surface area (Å²) in [6, 6.07) is 5.55. The van der Waals surface area contributed by atoms with Crippen LogP contribution in [0.15, 0.2) is 18.2 Å². The molecule has 1 saturated carbocycles. The van der Waals surface area contributed by atoms with E-state index >= 15 is 0 Å². The summed E-state index contributed by atoms with van der Waals surface area (Å²) in [5.41, 5.74) is 0. The first-order valence-electron chi connectivity index (χ1n) is 6.32. The zero-order valence-corrected chi connectivity index (χ0v) is 10.3. The molecule has 0 amide bonds. The molecule has 1 aromatic heterocycles. The summed E-state index contributed by atoms with van der Waals surface area (Å²) in [4.78, 5) is 6.16. The van der Waals surface area contributed by atoms with Gasteiger partial charge in [-0.15, -0.1) is 0 Å². The molecule has 0 unspecified atom stereocenters. The van der Waals surface area contributed by atoms with Gasteiger partial charge < -0.3 is 10.2 Å². The molecule has 0 spiro atoms. The number of anilines is 1. The number of pyridine rings is 1. The normalized spacial score (nSPS) is 16.6. The highest BCUT2D eigenvalue weighted by Crippen LogP contribution is 2.21. The number of hydrogen-bond acceptors (Lipinski definition) is 3. The predicted octanol–water partition coefficient (Wildman–Crippen LogP) is 2.51. The lowest BCUT2D eigenvalue weighted by Crippen LogP contribution is -2.33. The smallest absolute Gasteiger partial charge is 0.214 e. The second-order valence-corrected chi connectivity index (χ2v) is 4.69. The van der Waals surface area contributed by atoms with Crippen molar-refractivity contribution in [1.29, 1.82) is 0 Å². The summed E-state index contributed by atoms with van der Waals surface area (Å²) in [5.74, 6) is 0.184. The lowest BCUT2D eigenvalue weighted by molar-refractivity contribution is 0.254. The van der Waals surface area contributed by atoms with Crippen molar-refractivity contribution < 1.29 is 4.39 Å². The van der Waals surface area contributed by atoms with Gasteiger partial charge in [-0.1, -0.05) is 18.9 Å². The molecular formula is C13H20FN3. The van der Waals surface area contributed by atoms with E-state index in [4.69, 9.17) is 0 Å². The van der Waals surface area contributed by atoms with Crippen LogP contribution in [0, 0.1) is 5.95 Å². The molecule has 2 rings (SSSR count). The lowest BCUT2D eigenvalue weighted by atomic mass is 10.2. The third-order valence-corrected chi connectivity index (χ3v) is 3.43. The molecule has 1 heterocycles. The second kappa shape index (κ2) is 5.96. The van der Waals surface area contributed by atoms with Gasteiger partial charge in [0.05, 0.1) is 0 Å². The largest absolute Gasteiger partial charge is 0.369 e. The van der Waals surface area contributed by atoms with Crippen molar-refractivity contribution in [3.63, 3.8) is 0 Å². The molecule has 0 atom stereocenters. The van der Waals surface area contributed by atoms with Gasteiger partial charge in [-0.2, -0.15) is 4.39 Å². The fraction of sp³-hybridized carbons (Fsp3) is 0.615. The van der Waals surface area contributed by atoms with Gasteiger partial charge in [-0.25, -0.2) is 4.98 Å². The Morgan fingerprint density at radius 2 is 2.18 bits per heavy atom. The minimum Gasteiger partial charge on any atom is -0.369 e. The Hall–Kier alpha value is -1.16. The molecule has 0 aliphatic heterocycles. The summed E-state index contributed by atoms with van der Waals surface area (Å²) in [6.45, 7) is 1.78. The van der Waals surface area contributed by atoms with Gasteiger partial charge in [0.15, 0.2) is 0 Å². The van der Waals surface area contributed by atoms with Crippen molar-refractivity contribution in [2.45, 2.75) is 31.7 Å². The number of nitrogens with zero attached hydrogens (tertiary/aromatic N) is 2. The summed E-state index contributed by atoms with van der Waals surface area (Å²) in [7, 11) is 2.16. The Bertz CT molecular complexity index is 350. The molecule has 0 saturated heterocycles. The maximum absolute atomic E-state index is 12.8. The summed E-state index contributed by atoms with van der Waals surface area (Å²) in [5, 5.41) is 3.15. The van der Waals surface area contributed by atoms with E-state index in [1.54, 1.807) is 12.1 Å². The molecule has 1 aliphatic carbocycles. The highest BCUT2D eigenvalue weighted by Gasteiger charge is 2.18. The number of nitrogens with one attached hydrogen (secondary N) is 1. The molecule has 0 bridgehead atoms. The van der Waals surface area contributed by atoms with Crippen LogP contribution in [0.25, 0.3) is 0 Å². The molecule has 1 N–H and O–H groups in total. The average Bonchev–Trinajstić information content (AvgIpc) is 2.82. The van der Waals surface area contributed by atoms with Gasteiger partial charge in [0, 0.05) is 19.1 Å². The Labute approximate surface area is 102 Å². The van der Waals surface area contributed by atoms with Gasteiger partial charge in [-0.3, -0.25) is 0 Å². The quantitative estimate of drug-likeness (QED) is 0.798. The van der Waals surface area contributed by atoms with Crippen LogP contribution in [0.2, 0.25) is 0 Å². The third kappa shape index (κ3) is 3.66. The van der Waals surface area contributed by atoms with E-state index in [9.17, 15) is 4.39 Å². The van der Waals surface area contributed by atoms with Crippen LogP contribution in [0.5, 0.6) is 0 Å². The van der Waals surface area contributed by atoms with Crippen LogP contribution in [0.3, 0.4) is 0 Å². The van der Waals surface area contributed by atoms with Crippen molar-refractivity contribution in [2.24, 2.45) is 0 Å². The van der Waals surface area contributed by atoms with E-state index in [2.05, 4.69) is 22.2 Å². The van der Waals surface area contributed by atoms with Crippen molar-refractivity contribution in [2.75, 3.05) is 25.5 Å². The minimum atomic E-state index is -0.431. The first-order valence-corrected chi connectivity index (χ1v) is 6.32. The first kappa shape index (κ1) is 12.3. The Kier molecular flexibility index (Phi) is 4.31. The average molecular weight is 237 g/mol. The predicted molar refractivity (Wildman–Crippen MR) is 67.6 cm³/mol. The fourth-order valence-electron chi connectivity index (χ4n) is 2.39. The monoisotopic (exact) mass is 237 g/mol. The van der Waals surface area contributed by atoms with E-state index in [0.717, 1.165) is 19.1 Å². The second-order valence-electron chi connectivity index (χ2n) is 4.69. The number of likely N-dealkylation sites (N-methyl/N-ethyl adjacent to an activating group) is 1. The zero-order chi connectivity index (χ0) is 12.1. The molecule has 94 valence electrons. The fourth-order valence-corrected chi connectivity index (χ4v) is 2.39. The van der Waals surface area contributed by atoms with Gasteiger partial charge in [-0.05, 0) is 32.0 Å². The van der Waals surface area contributed by atoms with E-state index in [0.29, 0.717) is 5.82 Å². The highest BCUT2D eigenvalue weighted by atomic mass is 19.1. The van der Waals surface area contributed by atoms with Crippen LogP contribution in [0.1, 0.15) is 25.7 Å². The zero-order valence-electron chi connectivity index (χ0n) is 10.3. The maximum atomic E-state index is 12.8. The molecule has 3 nitrogen and oxygen atoms in total. The van der Waals surface area contributed by atoms with Crippen LogP contribution < -0.4 is 5.32 Å². The number of rotatable bonds is 5. The van der Waals surface area contributed by atoms with Crippen molar-refractivity contribution >= 4 is 5.82 Å². The molecular weight excluding hydrogens is 217 g/mol. The van der Waals surface area contributed by atoms with Gasteiger partial charge >= 0.3 is 0 Å². The number of halogens is 1. The lowest BCUT2D eigenvalue weighted by Gasteiger charge is -2.23. The Balaban J connectivity index is 1.71. The van der Waals surface area contributed by atoms with E-state index < -0.39 is 5.95 Å². The summed E-state index contributed by atoms with van der Waals surface area (Å²) in [6.07, 6.45) is 5.34. The third-order valence-electron chi connectivity index (χ3n) is 3.43. The molecule has 17 heavy (non-hydrogen) atoms. The van der Waals surface area contributed by atoms with Crippen molar-refractivity contribution in [1.82, 2.24) is 9.88 Å². The highest BCUT2D eigenvalue weighted by molar-refractivity contribution is 5.33. The van der Waals surface area contributed by atoms with Gasteiger partial charge in [0.1, 0.15) is 5.82 Å². The van der Waals surface area contributed by atoms with Crippen molar-refractivity contribution in [3.05, 3.63) is 24.1 Å². The molecule has 1 aliphatic rings. The SMILES string of the molecule is CN(CCNc1cccc(F)n1)C1CCCC1. The van der Waals surface area contributed by atoms with Gasteiger partial charge in [0.2, 0.25) is 5.95 Å². The first-order chi connectivity index (χ1) is 8.25. The van der Waals surface area contributed by atoms with E-state index in [1.807, 2.05) is 0 Å². The summed E-state index contributed by atoms with van der Waals surface area (Å²) >= 11 is 0. The molecule has 0 radical (unpaired) electrons. The molecule has 1 fully saturated rings. The number of aromatic nitrogens is 1. The van der Waals surface area contributed by atoms with Crippen LogP contribution in [0.4, 0.5) is 10.2 Å². The molecule has 0 aromatic carbocycles. The van der Waals surface area contributed by atoms with E-state index in [-0.39, 0.29) is 0 Å². The van der Waals surface area contributed by atoms with Crippen molar-refractivity contribution in [3.8, 4) is 0 Å². The van der Waals surface area contributed by atoms with Crippen LogP contribution in [-0.4, -0.2) is 36.1 Å². The maximum Gasteiger partial charge on any atom is 0.214 e. The van der Waals surface area contributed by atoms with Crippen LogP contribution in [-0.2, 0) is 0 Å². The molecule has 1 aromatic rings. The molecule has 4 heteroatoms.